The van der Waals surface area contributed by atoms with Crippen molar-refractivity contribution >= 4 is 110 Å². The molecule has 0 radical (unpaired) electrons. The van der Waals surface area contributed by atoms with Crippen LogP contribution in [0.5, 0.6) is 0 Å². The van der Waals surface area contributed by atoms with E-state index in [1.807, 2.05) is 69.2 Å². The minimum Gasteiger partial charge on any atom is -1.00 e. The Morgan fingerprint density at radius 3 is 1.09 bits per heavy atom. The number of rotatable bonds is 35. The molecule has 0 spiro atoms. The summed E-state index contributed by atoms with van der Waals surface area (Å²) in [6.45, 7) is 48.0. The molecule has 34 nitrogen and oxygen atoms in total. The summed E-state index contributed by atoms with van der Waals surface area (Å²) in [6, 6.07) is 0. The van der Waals surface area contributed by atoms with Gasteiger partial charge in [-0.2, -0.15) is 26.3 Å². The summed E-state index contributed by atoms with van der Waals surface area (Å²) in [6.07, 6.45) is -4.01. The first-order valence-electron chi connectivity index (χ1n) is 38.5. The summed E-state index contributed by atoms with van der Waals surface area (Å²) in [5, 5.41) is 26.4. The molecular formula is C89H176Br2F6LiMgO34P2+. The molecule has 8 rings (SSSR count). The monoisotopic (exact) mass is 2150 g/mol. The molecule has 8 aliphatic heterocycles. The van der Waals surface area contributed by atoms with Gasteiger partial charge in [0.15, 0.2) is 12.4 Å². The molecule has 8 heterocycles. The maximum atomic E-state index is 11.5. The van der Waals surface area contributed by atoms with Crippen molar-refractivity contribution in [3.05, 3.63) is 56.0 Å². The number of aliphatic hydroxyl groups is 2. The molecule has 0 bridgehead atoms. The van der Waals surface area contributed by atoms with Crippen LogP contribution < -0.4 is 35.8 Å². The van der Waals surface area contributed by atoms with Crippen molar-refractivity contribution in [1.82, 2.24) is 0 Å². The number of carboxylic acids is 1. The first-order valence-corrected chi connectivity index (χ1v) is 41.1. The standard InChI is InChI=1S/C11H18O4.C10H16O4.C10H18O4.C10H16O4.C8H16O3.C8H14O3.C6H9BrO2.C5H7F3O4P.C4H8O2.C3H4O2.C2HF3O.CH5P.10CH4.CH3.BrH.Li.Mg.H2O/c1-9(4-5-10(12)13-3)6-15-11(2)7-14-8-11;1-8(3-4-9(11)12)5-14-10(2)6-13-7-10;2*1-4-13-9(11)8(2)5-14-10(3)6-12-7-10;2*1-7(3-9)4-11-8(2)5-10-6-8;1-3-9-6(8)5(2)4-7;1-11-4(9)2-13(10)12-3-5(6,7)8;1-4(5)2-6-3-4;4-3-1-5-2-3;3-2(4,5)1-6;1-2;;;;;;;;;;;;;;;/h4-5,9H,6-8H2,1-3H3;3-4,8H,5-7H2,1-2H3,(H,11,12);8H,4-7H2,1-3H3;2,4-7H2,1,3H3;7,9H,3-6H2,1-2H3;3,7H,4-6H2,1-2H3;2-4H2,1H3;2-3H2,1H3;5H,2-3H2,1H3;1-2H2;1H;2H2,1H3;10*1H4;1H3;1H;;;1H2/q;;;;;;;+1;;;;;;;;;;;;;;;-1;;+1;+2;/p-2/b5-4-;4-3-;;;;;;;;;;;;;;;;;;;;;;;;;/i;;;;;;;;;;;1D;;;;;;;;;;;;;;;. The molecule has 7 atom stereocenters. The molecule has 0 aromatic carbocycles. The summed E-state index contributed by atoms with van der Waals surface area (Å²) in [4.78, 5) is 93.1. The number of carboxylic acid groups (broad SMARTS) is 1. The van der Waals surface area contributed by atoms with Crippen LogP contribution in [0.2, 0.25) is 0 Å². The first kappa shape index (κ1) is 174. The van der Waals surface area contributed by atoms with Crippen molar-refractivity contribution in [3.8, 4) is 0 Å². The first-order chi connectivity index (χ1) is 56.2. The van der Waals surface area contributed by atoms with Gasteiger partial charge in [0.25, 0.3) is 6.16 Å². The van der Waals surface area contributed by atoms with Gasteiger partial charge in [-0.25, -0.2) is 24.0 Å². The molecule has 135 heavy (non-hydrogen) atoms. The zero-order chi connectivity index (χ0) is 93.8. The fraction of sp³-hybridized carbons (Fsp3) is 0.798. The van der Waals surface area contributed by atoms with Crippen molar-refractivity contribution in [1.29, 1.82) is 0 Å². The summed E-state index contributed by atoms with van der Waals surface area (Å²) >= 11 is 3.08. The number of hydrogen-bond acceptors (Lipinski definition) is 33. The van der Waals surface area contributed by atoms with Crippen LogP contribution in [0.3, 0.4) is 0 Å². The van der Waals surface area contributed by atoms with Gasteiger partial charge in [0, 0.05) is 42.9 Å². The third-order valence-corrected chi connectivity index (χ3v) is 16.8. The van der Waals surface area contributed by atoms with E-state index < -0.39 is 62.9 Å². The molecule has 804 valence electrons. The predicted molar refractivity (Wildman–Crippen MR) is 513 cm³/mol. The molecule has 8 fully saturated rings. The van der Waals surface area contributed by atoms with E-state index in [0.717, 1.165) is 19.5 Å². The number of hydrogen-bond donors (Lipinski definition) is 3. The summed E-state index contributed by atoms with van der Waals surface area (Å²) < 4.78 is 182. The predicted octanol–water partition coefficient (Wildman–Crippen LogP) is 9.01. The number of methoxy groups -OCH3 is 2. The van der Waals surface area contributed by atoms with Crippen LogP contribution in [0.1, 0.15) is 179 Å². The normalized spacial score (nSPS) is 17.1. The Labute approximate surface area is 857 Å². The van der Waals surface area contributed by atoms with E-state index in [2.05, 4.69) is 66.5 Å². The van der Waals surface area contributed by atoms with Gasteiger partial charge in [0.2, 0.25) is 6.29 Å². The van der Waals surface area contributed by atoms with Gasteiger partial charge in [-0.3, -0.25) is 14.4 Å². The van der Waals surface area contributed by atoms with Crippen molar-refractivity contribution in [2.75, 3.05) is 211 Å². The van der Waals surface area contributed by atoms with Gasteiger partial charge in [-0.1, -0.05) is 150 Å². The number of halogens is 8. The number of aliphatic carboxylic acids is 1. The number of carbonyl (C=O) groups is 9. The summed E-state index contributed by atoms with van der Waals surface area (Å²) in [5.74, 6) is -2.50. The van der Waals surface area contributed by atoms with E-state index in [4.69, 9.17) is 87.8 Å². The number of ketones is 1. The van der Waals surface area contributed by atoms with Crippen LogP contribution in [-0.4, -0.2) is 360 Å². The average molecular weight is 2160 g/mol. The van der Waals surface area contributed by atoms with Crippen molar-refractivity contribution in [2.45, 2.75) is 230 Å². The number of carbonyl (C=O) groups excluding carboxylic acids is 8. The minimum absolute atomic E-state index is 0. The number of esters is 5. The van der Waals surface area contributed by atoms with E-state index in [0.29, 0.717) is 182 Å². The SMILES string of the molecule is C.C.C.C.C.C.C.C.C.C.C=C(CBr)C(=O)OCC.C=C(COC1(C)COC1)C(=O)OCC.CC(/C=C\C(=O)O)COC1(C)COC1.CC(C=O)COC1(C)COC1.CC(CO)COC1(C)COC1.CC1(O)COC1.CCOC(=O)C(C)COC1(C)COC1.COC(=O)/C=C\C(C)COC1(C)COC1.COC(=O)C[P+](=O)OCC(F)(F)F.O=C1COC1.O=CC(F)(F)F.[2H]CP.[Br-].[CH3-].[Li+].[Mg+2].[OH-]. The Balaban J connectivity index is -0.0000000649. The molecule has 8 saturated heterocycles. The number of alkyl halides is 7. The number of aldehydes is 2. The van der Waals surface area contributed by atoms with Crippen molar-refractivity contribution < 1.29 is 227 Å². The Hall–Kier alpha value is -3.50. The molecule has 4 N–H and O–H groups in total. The zero-order valence-electron chi connectivity index (χ0n) is 76.8. The molecule has 0 saturated carbocycles. The topological polar surface area (TPSA) is 446 Å². The smallest absolute Gasteiger partial charge is 1.00 e. The van der Waals surface area contributed by atoms with Crippen LogP contribution in [0.15, 0.2) is 48.6 Å². The zero-order valence-corrected chi connectivity index (χ0v) is 82.4. The number of Topliss-reactive ketones (excluding diaryl/α,β-unsaturated/α-hetero) is 1. The van der Waals surface area contributed by atoms with E-state index in [1.54, 1.807) is 46.8 Å². The van der Waals surface area contributed by atoms with Gasteiger partial charge in [0.05, 0.1) is 178 Å². The average Bonchev–Trinajstić information content (AvgIpc) is 0.883. The molecule has 8 aliphatic rings. The molecule has 7 unspecified atom stereocenters. The second-order valence-corrected chi connectivity index (χ2v) is 31.3. The third kappa shape index (κ3) is 97.7. The van der Waals surface area contributed by atoms with Gasteiger partial charge >= 0.3 is 98.1 Å². The molecule has 0 aromatic rings. The van der Waals surface area contributed by atoms with Crippen LogP contribution in [-0.2, 0) is 142 Å². The Bertz CT molecular complexity index is 3040. The number of aliphatic hydroxyl groups excluding tert-OH is 1. The second-order valence-electron chi connectivity index (χ2n) is 29.5. The number of ether oxygens (including phenoxy) is 19. The van der Waals surface area contributed by atoms with Crippen LogP contribution in [0, 0.1) is 37.0 Å². The molecular weight excluding hydrogens is 1980 g/mol. The van der Waals surface area contributed by atoms with E-state index in [-0.39, 0.29) is 246 Å². The molecule has 0 aliphatic carbocycles. The Morgan fingerprint density at radius 1 is 0.556 bits per heavy atom. The largest absolute Gasteiger partial charge is 2.00 e. The van der Waals surface area contributed by atoms with E-state index >= 15 is 0 Å². The van der Waals surface area contributed by atoms with Crippen molar-refractivity contribution in [2.24, 2.45) is 29.6 Å². The van der Waals surface area contributed by atoms with Crippen molar-refractivity contribution in [3.63, 3.8) is 0 Å². The Kier molecular flexibility index (Phi) is 124. The van der Waals surface area contributed by atoms with Gasteiger partial charge < -0.3 is 140 Å². The van der Waals surface area contributed by atoms with Gasteiger partial charge in [-0.15, -0.1) is 13.8 Å². The third-order valence-electron chi connectivity index (χ3n) is 15.2. The van der Waals surface area contributed by atoms with Gasteiger partial charge in [0.1, 0.15) is 58.7 Å². The molecule has 0 amide bonds. The maximum absolute atomic E-state index is 11.5. The molecule has 0 aromatic heterocycles. The van der Waals surface area contributed by atoms with E-state index in [9.17, 15) is 69.3 Å². The fourth-order valence-corrected chi connectivity index (χ4v) is 8.35. The summed E-state index contributed by atoms with van der Waals surface area (Å²) in [5.41, 5.74) is -0.646. The van der Waals surface area contributed by atoms with Crippen LogP contribution in [0.4, 0.5) is 26.3 Å². The quantitative estimate of drug-likeness (QED) is 0.00612. The maximum Gasteiger partial charge on any atom is 2.00 e. The Morgan fingerprint density at radius 2 is 0.852 bits per heavy atom. The fourth-order valence-electron chi connectivity index (χ4n) is 7.40. The van der Waals surface area contributed by atoms with Gasteiger partial charge in [-0.05, 0) is 92.6 Å². The summed E-state index contributed by atoms with van der Waals surface area (Å²) in [7, 11) is 2.01. The van der Waals surface area contributed by atoms with E-state index in [1.165, 1.54) is 13.2 Å². The van der Waals surface area contributed by atoms with Crippen LogP contribution >= 0.6 is 33.2 Å². The minimum atomic E-state index is -4.64. The molecule has 46 heteroatoms. The second kappa shape index (κ2) is 96.6. The van der Waals surface area contributed by atoms with Crippen LogP contribution in [0.25, 0.3) is 0 Å².